The van der Waals surface area contributed by atoms with Gasteiger partial charge in [0.2, 0.25) is 10.0 Å². The molecule has 0 spiro atoms. The van der Waals surface area contributed by atoms with Crippen LogP contribution in [0.15, 0.2) is 77.7 Å². The van der Waals surface area contributed by atoms with E-state index in [2.05, 4.69) is 17.2 Å². The second-order valence-corrected chi connectivity index (χ2v) is 9.53. The number of ether oxygens (including phenoxy) is 1. The number of hydrogen-bond donors (Lipinski definition) is 1. The monoisotopic (exact) mass is 460 g/mol. The zero-order valence-electron chi connectivity index (χ0n) is 18.2. The molecule has 168 valence electrons. The molecule has 3 aromatic rings. The predicted octanol–water partition coefficient (Wildman–Crippen LogP) is 4.13. The van der Waals surface area contributed by atoms with Crippen molar-refractivity contribution >= 4 is 21.6 Å². The molecular weight excluding hydrogens is 436 g/mol. The van der Waals surface area contributed by atoms with Gasteiger partial charge in [0.15, 0.2) is 0 Å². The Balaban J connectivity index is 1.56. The zero-order valence-corrected chi connectivity index (χ0v) is 19.1. The lowest BCUT2D eigenvalue weighted by atomic mass is 10.1. The zero-order chi connectivity index (χ0) is 23.3. The second-order valence-electron chi connectivity index (χ2n) is 7.63. The first-order chi connectivity index (χ1) is 16.0. The van der Waals surface area contributed by atoms with E-state index in [-0.39, 0.29) is 16.2 Å². The van der Waals surface area contributed by atoms with Crippen molar-refractivity contribution in [3.05, 3.63) is 89.5 Å². The van der Waals surface area contributed by atoms with Crippen LogP contribution in [0, 0.1) is 11.8 Å². The van der Waals surface area contributed by atoms with Crippen LogP contribution in [0.2, 0.25) is 0 Å². The third kappa shape index (κ3) is 5.25. The highest BCUT2D eigenvalue weighted by Crippen LogP contribution is 2.30. The van der Waals surface area contributed by atoms with E-state index in [1.54, 1.807) is 18.2 Å². The van der Waals surface area contributed by atoms with Gasteiger partial charge >= 0.3 is 0 Å². The van der Waals surface area contributed by atoms with Gasteiger partial charge in [-0.1, -0.05) is 36.1 Å². The molecule has 0 atom stereocenters. The van der Waals surface area contributed by atoms with Crippen LogP contribution in [0.1, 0.15) is 34.3 Å². The van der Waals surface area contributed by atoms with Gasteiger partial charge in [-0.25, -0.2) is 8.42 Å². The summed E-state index contributed by atoms with van der Waals surface area (Å²) in [4.78, 5) is 12.9. The first-order valence-electron chi connectivity index (χ1n) is 10.6. The van der Waals surface area contributed by atoms with Crippen LogP contribution in [0.4, 0.5) is 5.69 Å². The molecule has 1 saturated heterocycles. The van der Waals surface area contributed by atoms with Crippen LogP contribution in [-0.4, -0.2) is 38.8 Å². The summed E-state index contributed by atoms with van der Waals surface area (Å²) in [6.07, 6.45) is 1.65. The van der Waals surface area contributed by atoms with Crippen LogP contribution < -0.4 is 10.1 Å². The highest BCUT2D eigenvalue weighted by Gasteiger charge is 2.30. The van der Waals surface area contributed by atoms with E-state index in [0.717, 1.165) is 24.0 Å². The Hall–Kier alpha value is -3.60. The molecular formula is C26H24N2O4S. The number of hydrogen-bond acceptors (Lipinski definition) is 4. The van der Waals surface area contributed by atoms with Crippen molar-refractivity contribution in [2.75, 3.05) is 25.5 Å². The fourth-order valence-electron chi connectivity index (χ4n) is 3.63. The third-order valence-corrected chi connectivity index (χ3v) is 7.27. The second kappa shape index (κ2) is 9.90. The van der Waals surface area contributed by atoms with E-state index >= 15 is 0 Å². The Morgan fingerprint density at radius 1 is 0.909 bits per heavy atom. The molecule has 3 aromatic carbocycles. The number of rotatable bonds is 5. The van der Waals surface area contributed by atoms with E-state index in [4.69, 9.17) is 4.74 Å². The van der Waals surface area contributed by atoms with Crippen LogP contribution >= 0.6 is 0 Å². The van der Waals surface area contributed by atoms with Gasteiger partial charge in [0, 0.05) is 35.5 Å². The Morgan fingerprint density at radius 3 is 2.33 bits per heavy atom. The molecule has 0 radical (unpaired) electrons. The van der Waals surface area contributed by atoms with Gasteiger partial charge in [-0.3, -0.25) is 4.79 Å². The van der Waals surface area contributed by atoms with Crippen molar-refractivity contribution in [3.8, 4) is 17.6 Å². The Morgan fingerprint density at radius 2 is 1.61 bits per heavy atom. The molecule has 6 nitrogen and oxygen atoms in total. The standard InChI is InChI=1S/C26H24N2O4S/c1-32-24-15-14-22(19-25(24)33(30,31)28-16-5-6-17-28)26(29)27-23-11-7-10-21(18-23)13-12-20-8-3-2-4-9-20/h2-4,7-11,14-15,18-19H,5-6,16-17H2,1H3,(H,27,29). The topological polar surface area (TPSA) is 75.7 Å². The first kappa shape index (κ1) is 22.6. The predicted molar refractivity (Wildman–Crippen MR) is 128 cm³/mol. The summed E-state index contributed by atoms with van der Waals surface area (Å²) in [6.45, 7) is 0.942. The average Bonchev–Trinajstić information content (AvgIpc) is 3.39. The fourth-order valence-corrected chi connectivity index (χ4v) is 5.33. The highest BCUT2D eigenvalue weighted by molar-refractivity contribution is 7.89. The summed E-state index contributed by atoms with van der Waals surface area (Å²) in [7, 11) is -2.32. The summed E-state index contributed by atoms with van der Waals surface area (Å²) in [5, 5.41) is 2.83. The number of carbonyl (C=O) groups is 1. The van der Waals surface area contributed by atoms with Gasteiger partial charge in [-0.05, 0) is 61.4 Å². The van der Waals surface area contributed by atoms with E-state index in [1.165, 1.54) is 23.5 Å². The molecule has 1 aliphatic rings. The minimum Gasteiger partial charge on any atom is -0.495 e. The third-order valence-electron chi connectivity index (χ3n) is 5.35. The molecule has 33 heavy (non-hydrogen) atoms. The average molecular weight is 461 g/mol. The van der Waals surface area contributed by atoms with Gasteiger partial charge in [-0.2, -0.15) is 4.31 Å². The number of benzene rings is 3. The Labute approximate surface area is 194 Å². The molecule has 1 N–H and O–H groups in total. The van der Waals surface area contributed by atoms with E-state index in [9.17, 15) is 13.2 Å². The van der Waals surface area contributed by atoms with Crippen molar-refractivity contribution in [3.63, 3.8) is 0 Å². The molecule has 0 aromatic heterocycles. The van der Waals surface area contributed by atoms with Crippen molar-refractivity contribution in [1.29, 1.82) is 0 Å². The number of anilines is 1. The lowest BCUT2D eigenvalue weighted by Gasteiger charge is -2.18. The lowest BCUT2D eigenvalue weighted by molar-refractivity contribution is 0.102. The summed E-state index contributed by atoms with van der Waals surface area (Å²) in [5.41, 5.74) is 2.45. The number of nitrogens with zero attached hydrogens (tertiary/aromatic N) is 1. The molecule has 0 aliphatic carbocycles. The Kier molecular flexibility index (Phi) is 6.78. The SMILES string of the molecule is COc1ccc(C(=O)Nc2cccc(C#Cc3ccccc3)c2)cc1S(=O)(=O)N1CCCC1. The van der Waals surface area contributed by atoms with Crippen molar-refractivity contribution in [2.24, 2.45) is 0 Å². The van der Waals surface area contributed by atoms with Gasteiger partial charge in [-0.15, -0.1) is 0 Å². The smallest absolute Gasteiger partial charge is 0.255 e. The highest BCUT2D eigenvalue weighted by atomic mass is 32.2. The van der Waals surface area contributed by atoms with E-state index in [0.29, 0.717) is 18.8 Å². The maximum atomic E-state index is 13.1. The summed E-state index contributed by atoms with van der Waals surface area (Å²) in [5.74, 6) is 5.98. The molecule has 0 saturated carbocycles. The van der Waals surface area contributed by atoms with Gasteiger partial charge in [0.05, 0.1) is 7.11 Å². The molecule has 1 amide bonds. The van der Waals surface area contributed by atoms with E-state index in [1.807, 2.05) is 42.5 Å². The molecule has 7 heteroatoms. The van der Waals surface area contributed by atoms with Crippen LogP contribution in [0.3, 0.4) is 0 Å². The molecule has 1 aliphatic heterocycles. The first-order valence-corrected chi connectivity index (χ1v) is 12.1. The number of methoxy groups -OCH3 is 1. The minimum absolute atomic E-state index is 0.00188. The van der Waals surface area contributed by atoms with Crippen LogP contribution in [0.25, 0.3) is 0 Å². The maximum Gasteiger partial charge on any atom is 0.255 e. The van der Waals surface area contributed by atoms with Crippen LogP contribution in [-0.2, 0) is 10.0 Å². The van der Waals surface area contributed by atoms with Gasteiger partial charge in [0.1, 0.15) is 10.6 Å². The summed E-state index contributed by atoms with van der Waals surface area (Å²) >= 11 is 0. The van der Waals surface area contributed by atoms with Crippen molar-refractivity contribution < 1.29 is 17.9 Å². The number of sulfonamides is 1. The summed E-state index contributed by atoms with van der Waals surface area (Å²) in [6, 6.07) is 21.3. The van der Waals surface area contributed by atoms with Gasteiger partial charge in [0.25, 0.3) is 5.91 Å². The molecule has 0 unspecified atom stereocenters. The molecule has 4 rings (SSSR count). The van der Waals surface area contributed by atoms with Crippen molar-refractivity contribution in [2.45, 2.75) is 17.7 Å². The normalized spacial score (nSPS) is 13.7. The lowest BCUT2D eigenvalue weighted by Crippen LogP contribution is -2.28. The number of carbonyl (C=O) groups excluding carboxylic acids is 1. The molecule has 1 heterocycles. The number of nitrogens with one attached hydrogen (secondary N) is 1. The molecule has 1 fully saturated rings. The van der Waals surface area contributed by atoms with Crippen LogP contribution in [0.5, 0.6) is 5.75 Å². The van der Waals surface area contributed by atoms with Gasteiger partial charge < -0.3 is 10.1 Å². The maximum absolute atomic E-state index is 13.1. The van der Waals surface area contributed by atoms with Crippen molar-refractivity contribution in [1.82, 2.24) is 4.31 Å². The minimum atomic E-state index is -3.74. The Bertz CT molecular complexity index is 1320. The van der Waals surface area contributed by atoms with E-state index < -0.39 is 15.9 Å². The largest absolute Gasteiger partial charge is 0.495 e. The fraction of sp³-hybridized carbons (Fsp3) is 0.192. The molecule has 0 bridgehead atoms. The number of amides is 1. The summed E-state index contributed by atoms with van der Waals surface area (Å²) < 4.78 is 32.9. The quantitative estimate of drug-likeness (QED) is 0.581.